The topological polar surface area (TPSA) is 95.3 Å². The van der Waals surface area contributed by atoms with Crippen molar-refractivity contribution in [1.29, 1.82) is 5.26 Å². The maximum absolute atomic E-state index is 11.5. The number of aryl methyl sites for hydroxylation is 1. The SMILES string of the molecule is Cc1cc(CN(C)c2cccc(C#N)c2)oc1C(=O)NN. The van der Waals surface area contributed by atoms with Gasteiger partial charge in [0.2, 0.25) is 0 Å². The molecule has 0 aliphatic rings. The lowest BCUT2D eigenvalue weighted by Crippen LogP contribution is -2.30. The zero-order valence-electron chi connectivity index (χ0n) is 11.9. The maximum atomic E-state index is 11.5. The third kappa shape index (κ3) is 3.22. The van der Waals surface area contributed by atoms with E-state index in [0.717, 1.165) is 11.3 Å². The van der Waals surface area contributed by atoms with Crippen molar-refractivity contribution in [3.05, 3.63) is 53.0 Å². The highest BCUT2D eigenvalue weighted by molar-refractivity contribution is 5.92. The first-order valence-electron chi connectivity index (χ1n) is 6.36. The van der Waals surface area contributed by atoms with Crippen molar-refractivity contribution in [1.82, 2.24) is 5.43 Å². The van der Waals surface area contributed by atoms with E-state index in [1.165, 1.54) is 0 Å². The van der Waals surface area contributed by atoms with Crippen LogP contribution in [0, 0.1) is 18.3 Å². The lowest BCUT2D eigenvalue weighted by molar-refractivity contribution is 0.0923. The van der Waals surface area contributed by atoms with Gasteiger partial charge in [0.1, 0.15) is 5.76 Å². The summed E-state index contributed by atoms with van der Waals surface area (Å²) >= 11 is 0. The predicted octanol–water partition coefficient (Wildman–Crippen LogP) is 1.70. The second kappa shape index (κ2) is 6.11. The number of nitrogens with one attached hydrogen (secondary N) is 1. The number of hydrazine groups is 1. The van der Waals surface area contributed by atoms with E-state index in [4.69, 9.17) is 15.5 Å². The molecule has 0 saturated carbocycles. The van der Waals surface area contributed by atoms with E-state index in [1.807, 2.05) is 24.1 Å². The molecule has 108 valence electrons. The van der Waals surface area contributed by atoms with Crippen LogP contribution in [0.15, 0.2) is 34.7 Å². The van der Waals surface area contributed by atoms with E-state index in [1.54, 1.807) is 25.1 Å². The average Bonchev–Trinajstić information content (AvgIpc) is 2.87. The number of anilines is 1. The third-order valence-electron chi connectivity index (χ3n) is 3.12. The van der Waals surface area contributed by atoms with E-state index in [0.29, 0.717) is 17.9 Å². The Labute approximate surface area is 122 Å². The number of nitrogen functional groups attached to an aromatic ring is 1. The smallest absolute Gasteiger partial charge is 0.301 e. The first-order valence-corrected chi connectivity index (χ1v) is 6.36. The molecule has 0 radical (unpaired) electrons. The van der Waals surface area contributed by atoms with Gasteiger partial charge in [-0.15, -0.1) is 0 Å². The average molecular weight is 284 g/mol. The maximum Gasteiger partial charge on any atom is 0.301 e. The first-order chi connectivity index (χ1) is 10.0. The van der Waals surface area contributed by atoms with Crippen LogP contribution in [0.1, 0.15) is 27.4 Å². The van der Waals surface area contributed by atoms with Crippen LogP contribution in [0.4, 0.5) is 5.69 Å². The molecule has 0 fully saturated rings. The molecule has 0 bridgehead atoms. The number of nitrogens with zero attached hydrogens (tertiary/aromatic N) is 2. The highest BCUT2D eigenvalue weighted by atomic mass is 16.4. The van der Waals surface area contributed by atoms with E-state index in [2.05, 4.69) is 11.5 Å². The number of hydrogen-bond donors (Lipinski definition) is 2. The van der Waals surface area contributed by atoms with Gasteiger partial charge in [0.05, 0.1) is 18.2 Å². The predicted molar refractivity (Wildman–Crippen MR) is 78.4 cm³/mol. The van der Waals surface area contributed by atoms with Crippen LogP contribution < -0.4 is 16.2 Å². The molecule has 0 spiro atoms. The number of nitrogens with two attached hydrogens (primary N) is 1. The van der Waals surface area contributed by atoms with Gasteiger partial charge < -0.3 is 9.32 Å². The lowest BCUT2D eigenvalue weighted by Gasteiger charge is -2.17. The highest BCUT2D eigenvalue weighted by Crippen LogP contribution is 2.20. The normalized spacial score (nSPS) is 10.0. The number of nitriles is 1. The summed E-state index contributed by atoms with van der Waals surface area (Å²) in [6, 6.07) is 11.2. The third-order valence-corrected chi connectivity index (χ3v) is 3.12. The van der Waals surface area contributed by atoms with Crippen molar-refractivity contribution in [2.24, 2.45) is 5.84 Å². The fourth-order valence-electron chi connectivity index (χ4n) is 2.05. The Morgan fingerprint density at radius 1 is 1.48 bits per heavy atom. The molecule has 1 heterocycles. The summed E-state index contributed by atoms with van der Waals surface area (Å²) in [5.74, 6) is 5.52. The number of carbonyl (C=O) groups is 1. The molecule has 0 atom stereocenters. The van der Waals surface area contributed by atoms with Crippen LogP contribution in [-0.4, -0.2) is 13.0 Å². The Morgan fingerprint density at radius 2 is 2.24 bits per heavy atom. The molecule has 2 rings (SSSR count). The second-order valence-corrected chi connectivity index (χ2v) is 4.72. The molecule has 3 N–H and O–H groups in total. The summed E-state index contributed by atoms with van der Waals surface area (Å²) in [6.07, 6.45) is 0. The van der Waals surface area contributed by atoms with Crippen molar-refractivity contribution in [2.45, 2.75) is 13.5 Å². The van der Waals surface area contributed by atoms with E-state index in [-0.39, 0.29) is 5.76 Å². The summed E-state index contributed by atoms with van der Waals surface area (Å²) in [5.41, 5.74) is 4.27. The van der Waals surface area contributed by atoms with Gasteiger partial charge in [0.25, 0.3) is 0 Å². The van der Waals surface area contributed by atoms with Crippen LogP contribution >= 0.6 is 0 Å². The van der Waals surface area contributed by atoms with Crippen LogP contribution in [0.2, 0.25) is 0 Å². The van der Waals surface area contributed by atoms with Crippen LogP contribution in [0.5, 0.6) is 0 Å². The molecule has 1 amide bonds. The Morgan fingerprint density at radius 3 is 2.90 bits per heavy atom. The molecule has 0 saturated heterocycles. The minimum Gasteiger partial charge on any atom is -0.454 e. The van der Waals surface area contributed by atoms with E-state index >= 15 is 0 Å². The summed E-state index contributed by atoms with van der Waals surface area (Å²) < 4.78 is 5.52. The molecule has 2 aromatic rings. The Hall–Kier alpha value is -2.78. The molecular weight excluding hydrogens is 268 g/mol. The quantitative estimate of drug-likeness (QED) is 0.506. The number of furan rings is 1. The van der Waals surface area contributed by atoms with E-state index < -0.39 is 5.91 Å². The van der Waals surface area contributed by atoms with Gasteiger partial charge in [-0.05, 0) is 31.2 Å². The van der Waals surface area contributed by atoms with Gasteiger partial charge in [-0.3, -0.25) is 10.2 Å². The van der Waals surface area contributed by atoms with Crippen molar-refractivity contribution < 1.29 is 9.21 Å². The zero-order chi connectivity index (χ0) is 15.4. The summed E-state index contributed by atoms with van der Waals surface area (Å²) in [5, 5.41) is 8.92. The molecule has 0 aliphatic heterocycles. The van der Waals surface area contributed by atoms with Gasteiger partial charge in [0.15, 0.2) is 5.76 Å². The first kappa shape index (κ1) is 14.6. The highest BCUT2D eigenvalue weighted by Gasteiger charge is 2.15. The van der Waals surface area contributed by atoms with Crippen LogP contribution in [0.25, 0.3) is 0 Å². The fraction of sp³-hybridized carbons (Fsp3) is 0.200. The molecule has 6 heteroatoms. The van der Waals surface area contributed by atoms with Gasteiger partial charge in [0, 0.05) is 18.3 Å². The summed E-state index contributed by atoms with van der Waals surface area (Å²) in [4.78, 5) is 13.4. The Kier molecular flexibility index (Phi) is 4.26. The number of carbonyl (C=O) groups excluding carboxylic acids is 1. The number of benzene rings is 1. The molecule has 21 heavy (non-hydrogen) atoms. The largest absolute Gasteiger partial charge is 0.454 e. The standard InChI is InChI=1S/C15H16N4O2/c1-10-6-13(21-14(10)15(20)18-17)9-19(2)12-5-3-4-11(7-12)8-16/h3-7H,9,17H2,1-2H3,(H,18,20). The number of hydrogen-bond acceptors (Lipinski definition) is 5. The van der Waals surface area contributed by atoms with Gasteiger partial charge in [-0.2, -0.15) is 5.26 Å². The van der Waals surface area contributed by atoms with Crippen molar-refractivity contribution in [2.75, 3.05) is 11.9 Å². The number of rotatable bonds is 4. The monoisotopic (exact) mass is 284 g/mol. The van der Waals surface area contributed by atoms with Gasteiger partial charge >= 0.3 is 5.91 Å². The minimum atomic E-state index is -0.451. The fourth-order valence-corrected chi connectivity index (χ4v) is 2.05. The van der Waals surface area contributed by atoms with Crippen molar-refractivity contribution in [3.8, 4) is 6.07 Å². The Balaban J connectivity index is 2.18. The van der Waals surface area contributed by atoms with Gasteiger partial charge in [-0.25, -0.2) is 5.84 Å². The second-order valence-electron chi connectivity index (χ2n) is 4.72. The van der Waals surface area contributed by atoms with Gasteiger partial charge in [-0.1, -0.05) is 6.07 Å². The molecule has 6 nitrogen and oxygen atoms in total. The summed E-state index contributed by atoms with van der Waals surface area (Å²) in [6.45, 7) is 2.27. The van der Waals surface area contributed by atoms with Crippen molar-refractivity contribution in [3.63, 3.8) is 0 Å². The molecule has 1 aromatic heterocycles. The van der Waals surface area contributed by atoms with Crippen molar-refractivity contribution >= 4 is 11.6 Å². The minimum absolute atomic E-state index is 0.215. The molecular formula is C15H16N4O2. The number of amides is 1. The molecule has 0 unspecified atom stereocenters. The lowest BCUT2D eigenvalue weighted by atomic mass is 10.2. The van der Waals surface area contributed by atoms with Crippen LogP contribution in [0.3, 0.4) is 0 Å². The zero-order valence-corrected chi connectivity index (χ0v) is 11.9. The molecule has 0 aliphatic carbocycles. The van der Waals surface area contributed by atoms with Crippen LogP contribution in [-0.2, 0) is 6.54 Å². The Bertz CT molecular complexity index is 700. The summed E-state index contributed by atoms with van der Waals surface area (Å²) in [7, 11) is 1.89. The van der Waals surface area contributed by atoms with E-state index in [9.17, 15) is 4.79 Å². The molecule has 1 aromatic carbocycles.